The van der Waals surface area contributed by atoms with Crippen molar-refractivity contribution in [2.45, 2.75) is 32.9 Å². The smallest absolute Gasteiger partial charge is 0.282 e. The number of amides is 1. The van der Waals surface area contributed by atoms with Crippen LogP contribution in [0.5, 0.6) is 0 Å². The van der Waals surface area contributed by atoms with Crippen molar-refractivity contribution in [1.82, 2.24) is 24.6 Å². The Balaban J connectivity index is 2.07. The summed E-state index contributed by atoms with van der Waals surface area (Å²) in [6, 6.07) is 9.32. The van der Waals surface area contributed by atoms with Crippen LogP contribution < -0.4 is 11.3 Å². The molecule has 9 nitrogen and oxygen atoms in total. The summed E-state index contributed by atoms with van der Waals surface area (Å²) in [7, 11) is 1.49. The van der Waals surface area contributed by atoms with Crippen LogP contribution in [0.3, 0.4) is 0 Å². The SMILES string of the molecule is COCC(=O)N(CCCN)C(c1cnnc2c(=O)n(Cc3ccccc3)cnc12)C(C)C. The first kappa shape index (κ1) is 23.5. The zero-order valence-corrected chi connectivity index (χ0v) is 18.8. The van der Waals surface area contributed by atoms with Gasteiger partial charge in [-0.1, -0.05) is 44.2 Å². The van der Waals surface area contributed by atoms with Gasteiger partial charge in [-0.2, -0.15) is 5.10 Å². The Bertz CT molecular complexity index is 1100. The van der Waals surface area contributed by atoms with Crippen LogP contribution in [-0.4, -0.2) is 57.4 Å². The van der Waals surface area contributed by atoms with Gasteiger partial charge in [0, 0.05) is 19.2 Å². The molecule has 1 atom stereocenters. The van der Waals surface area contributed by atoms with E-state index >= 15 is 0 Å². The van der Waals surface area contributed by atoms with E-state index in [0.717, 1.165) is 5.56 Å². The average molecular weight is 439 g/mol. The van der Waals surface area contributed by atoms with E-state index in [4.69, 9.17) is 10.5 Å². The molecular weight excluding hydrogens is 408 g/mol. The number of ether oxygens (including phenoxy) is 1. The topological polar surface area (TPSA) is 116 Å². The van der Waals surface area contributed by atoms with Crippen LogP contribution in [-0.2, 0) is 16.1 Å². The maximum atomic E-state index is 13.2. The van der Waals surface area contributed by atoms with Gasteiger partial charge in [0.1, 0.15) is 12.1 Å². The van der Waals surface area contributed by atoms with Crippen molar-refractivity contribution >= 4 is 16.9 Å². The van der Waals surface area contributed by atoms with E-state index in [1.807, 2.05) is 44.2 Å². The summed E-state index contributed by atoms with van der Waals surface area (Å²) in [4.78, 5) is 32.3. The normalized spacial score (nSPS) is 12.3. The highest BCUT2D eigenvalue weighted by atomic mass is 16.5. The van der Waals surface area contributed by atoms with Gasteiger partial charge in [0.05, 0.1) is 25.1 Å². The summed E-state index contributed by atoms with van der Waals surface area (Å²) in [6.45, 7) is 5.31. The van der Waals surface area contributed by atoms with Crippen LogP contribution >= 0.6 is 0 Å². The lowest BCUT2D eigenvalue weighted by Crippen LogP contribution is -2.41. The van der Waals surface area contributed by atoms with E-state index in [-0.39, 0.29) is 35.5 Å². The Morgan fingerprint density at radius 1 is 1.22 bits per heavy atom. The van der Waals surface area contributed by atoms with E-state index in [9.17, 15) is 9.59 Å². The van der Waals surface area contributed by atoms with Crippen molar-refractivity contribution in [1.29, 1.82) is 0 Å². The second-order valence-electron chi connectivity index (χ2n) is 8.01. The van der Waals surface area contributed by atoms with E-state index in [0.29, 0.717) is 37.1 Å². The Morgan fingerprint density at radius 2 is 1.97 bits per heavy atom. The minimum absolute atomic E-state index is 0.0366. The molecule has 0 spiro atoms. The zero-order valence-electron chi connectivity index (χ0n) is 18.8. The van der Waals surface area contributed by atoms with Crippen LogP contribution in [0.25, 0.3) is 11.0 Å². The molecule has 2 heterocycles. The maximum absolute atomic E-state index is 13.2. The third-order valence-electron chi connectivity index (χ3n) is 5.31. The molecule has 2 N–H and O–H groups in total. The van der Waals surface area contributed by atoms with E-state index in [2.05, 4.69) is 15.2 Å². The maximum Gasteiger partial charge on any atom is 0.282 e. The molecule has 0 aliphatic rings. The fraction of sp³-hybridized carbons (Fsp3) is 0.435. The number of methoxy groups -OCH3 is 1. The molecule has 32 heavy (non-hydrogen) atoms. The third-order valence-corrected chi connectivity index (χ3v) is 5.31. The van der Waals surface area contributed by atoms with Gasteiger partial charge in [0.15, 0.2) is 5.52 Å². The Kier molecular flexibility index (Phi) is 8.02. The summed E-state index contributed by atoms with van der Waals surface area (Å²) in [5.41, 5.74) is 7.75. The molecule has 1 amide bonds. The molecule has 0 aliphatic carbocycles. The monoisotopic (exact) mass is 438 g/mol. The summed E-state index contributed by atoms with van der Waals surface area (Å²) in [5, 5.41) is 8.19. The molecule has 2 aromatic heterocycles. The standard InChI is InChI=1S/C23H30N6O3/c1-16(2)22(29(11-7-10-24)19(30)14-32-3)18-12-26-27-21-20(18)25-15-28(23(21)31)13-17-8-5-4-6-9-17/h4-6,8-9,12,15-16,22H,7,10-11,13-14,24H2,1-3H3. The minimum atomic E-state index is -0.348. The number of carbonyl (C=O) groups excluding carboxylic acids is 1. The summed E-state index contributed by atoms with van der Waals surface area (Å²) < 4.78 is 6.61. The molecule has 0 fully saturated rings. The quantitative estimate of drug-likeness (QED) is 0.513. The fourth-order valence-electron chi connectivity index (χ4n) is 3.87. The number of hydrogen-bond acceptors (Lipinski definition) is 7. The van der Waals surface area contributed by atoms with Crippen LogP contribution in [0, 0.1) is 5.92 Å². The first-order valence-corrected chi connectivity index (χ1v) is 10.7. The lowest BCUT2D eigenvalue weighted by atomic mass is 9.94. The van der Waals surface area contributed by atoms with E-state index in [1.54, 1.807) is 11.1 Å². The van der Waals surface area contributed by atoms with Gasteiger partial charge >= 0.3 is 0 Å². The second kappa shape index (κ2) is 10.9. The van der Waals surface area contributed by atoms with Crippen LogP contribution in [0.2, 0.25) is 0 Å². The van der Waals surface area contributed by atoms with Crippen molar-refractivity contribution in [3.8, 4) is 0 Å². The number of hydrogen-bond donors (Lipinski definition) is 1. The van der Waals surface area contributed by atoms with E-state index < -0.39 is 0 Å². The number of nitrogens with zero attached hydrogens (tertiary/aromatic N) is 5. The van der Waals surface area contributed by atoms with Gasteiger partial charge in [-0.15, -0.1) is 5.10 Å². The average Bonchev–Trinajstić information content (AvgIpc) is 2.79. The van der Waals surface area contributed by atoms with Crippen molar-refractivity contribution in [3.63, 3.8) is 0 Å². The molecule has 3 rings (SSSR count). The predicted molar refractivity (Wildman–Crippen MR) is 122 cm³/mol. The van der Waals surface area contributed by atoms with Gasteiger partial charge < -0.3 is 15.4 Å². The van der Waals surface area contributed by atoms with Crippen molar-refractivity contribution in [3.05, 3.63) is 64.3 Å². The lowest BCUT2D eigenvalue weighted by molar-refractivity contribution is -0.138. The van der Waals surface area contributed by atoms with Crippen molar-refractivity contribution in [2.75, 3.05) is 26.8 Å². The zero-order chi connectivity index (χ0) is 23.1. The lowest BCUT2D eigenvalue weighted by Gasteiger charge is -2.35. The number of nitrogens with two attached hydrogens (primary N) is 1. The highest BCUT2D eigenvalue weighted by molar-refractivity contribution is 5.80. The minimum Gasteiger partial charge on any atom is -0.375 e. The van der Waals surface area contributed by atoms with Crippen LogP contribution in [0.4, 0.5) is 0 Å². The molecule has 0 aliphatic heterocycles. The number of rotatable bonds is 10. The number of carbonyl (C=O) groups is 1. The largest absolute Gasteiger partial charge is 0.375 e. The highest BCUT2D eigenvalue weighted by Gasteiger charge is 2.30. The van der Waals surface area contributed by atoms with Crippen LogP contribution in [0.1, 0.15) is 37.4 Å². The second-order valence-corrected chi connectivity index (χ2v) is 8.01. The molecule has 170 valence electrons. The molecule has 0 saturated carbocycles. The number of fused-ring (bicyclic) bond motifs is 1. The van der Waals surface area contributed by atoms with Gasteiger partial charge in [-0.05, 0) is 24.4 Å². The molecule has 1 unspecified atom stereocenters. The predicted octanol–water partition coefficient (Wildman–Crippen LogP) is 1.76. The number of benzene rings is 1. The first-order chi connectivity index (χ1) is 15.5. The Labute approximate surface area is 187 Å². The molecular formula is C23H30N6O3. The molecule has 0 radical (unpaired) electrons. The summed E-state index contributed by atoms with van der Waals surface area (Å²) in [6.07, 6.45) is 3.77. The van der Waals surface area contributed by atoms with Gasteiger partial charge in [0.2, 0.25) is 5.91 Å². The Morgan fingerprint density at radius 3 is 2.62 bits per heavy atom. The number of aromatic nitrogens is 4. The van der Waals surface area contributed by atoms with Gasteiger partial charge in [0.25, 0.3) is 5.56 Å². The van der Waals surface area contributed by atoms with Crippen LogP contribution in [0.15, 0.2) is 47.7 Å². The Hall–Kier alpha value is -3.17. The molecule has 0 bridgehead atoms. The van der Waals surface area contributed by atoms with Crippen molar-refractivity contribution < 1.29 is 9.53 Å². The van der Waals surface area contributed by atoms with Gasteiger partial charge in [-0.3, -0.25) is 14.2 Å². The summed E-state index contributed by atoms with van der Waals surface area (Å²) >= 11 is 0. The van der Waals surface area contributed by atoms with Gasteiger partial charge in [-0.25, -0.2) is 4.98 Å². The van der Waals surface area contributed by atoms with Crippen molar-refractivity contribution in [2.24, 2.45) is 11.7 Å². The molecule has 0 saturated heterocycles. The molecule has 1 aromatic carbocycles. The fourth-order valence-corrected chi connectivity index (χ4v) is 3.87. The molecule has 9 heteroatoms. The highest BCUT2D eigenvalue weighted by Crippen LogP contribution is 2.31. The van der Waals surface area contributed by atoms with E-state index in [1.165, 1.54) is 18.0 Å². The third kappa shape index (κ3) is 5.17. The first-order valence-electron chi connectivity index (χ1n) is 10.7. The summed E-state index contributed by atoms with van der Waals surface area (Å²) in [5.74, 6) is -0.114. The molecule has 3 aromatic rings.